The van der Waals surface area contributed by atoms with Gasteiger partial charge >= 0.3 is 11.9 Å². The summed E-state index contributed by atoms with van der Waals surface area (Å²) in [5.41, 5.74) is 11.5. The lowest BCUT2D eigenvalue weighted by atomic mass is 10.0. The fraction of sp³-hybridized carbons (Fsp3) is 0.242. The van der Waals surface area contributed by atoms with Gasteiger partial charge in [0.2, 0.25) is 0 Å². The summed E-state index contributed by atoms with van der Waals surface area (Å²) in [4.78, 5) is 44.5. The molecule has 0 aromatic carbocycles. The topological polar surface area (TPSA) is 145 Å². The van der Waals surface area contributed by atoms with Crippen LogP contribution in [0.15, 0.2) is 43.5 Å². The average molecular weight is 564 g/mol. The molecule has 0 saturated carbocycles. The molecule has 0 amide bonds. The SMILES string of the molecule is C=CC1=C(C)c2nc1cc1[nH]c(cc3[nH]c(cc4nc(n2)C(C=C)=C4C)c(C)c3CCC(=O)O)c(CCC(=O)O)c1C. The zero-order valence-corrected chi connectivity index (χ0v) is 24.2. The molecule has 0 spiro atoms. The van der Waals surface area contributed by atoms with Crippen LogP contribution in [0.25, 0.3) is 44.4 Å². The van der Waals surface area contributed by atoms with Crippen LogP contribution >= 0.6 is 0 Å². The van der Waals surface area contributed by atoms with Gasteiger partial charge in [0.25, 0.3) is 0 Å². The van der Waals surface area contributed by atoms with Gasteiger partial charge in [-0.05, 0) is 86.6 Å². The number of fused-ring (bicyclic) bond motifs is 8. The van der Waals surface area contributed by atoms with Gasteiger partial charge in [0.05, 0.1) is 11.4 Å². The van der Waals surface area contributed by atoms with E-state index in [0.717, 1.165) is 72.3 Å². The molecular weight excluding hydrogens is 530 g/mol. The van der Waals surface area contributed by atoms with Gasteiger partial charge in [0.15, 0.2) is 11.6 Å². The highest BCUT2D eigenvalue weighted by molar-refractivity contribution is 5.98. The van der Waals surface area contributed by atoms with Crippen molar-refractivity contribution in [1.29, 1.82) is 0 Å². The van der Waals surface area contributed by atoms with Crippen molar-refractivity contribution in [3.8, 4) is 0 Å². The minimum absolute atomic E-state index is 0.0284. The molecule has 2 aliphatic heterocycles. The van der Waals surface area contributed by atoms with Crippen LogP contribution in [0.4, 0.5) is 0 Å². The molecule has 0 radical (unpaired) electrons. The lowest BCUT2D eigenvalue weighted by molar-refractivity contribution is -0.138. The van der Waals surface area contributed by atoms with Crippen LogP contribution in [-0.4, -0.2) is 47.1 Å². The summed E-state index contributed by atoms with van der Waals surface area (Å²) in [7, 11) is 0. The van der Waals surface area contributed by atoms with E-state index in [9.17, 15) is 19.8 Å². The molecule has 4 N–H and O–H groups in total. The molecule has 5 rings (SSSR count). The first-order valence-electron chi connectivity index (χ1n) is 13.7. The van der Waals surface area contributed by atoms with E-state index in [4.69, 9.17) is 15.0 Å². The molecule has 214 valence electrons. The van der Waals surface area contributed by atoms with Crippen molar-refractivity contribution in [3.05, 3.63) is 88.8 Å². The summed E-state index contributed by atoms with van der Waals surface area (Å²) in [5, 5.41) is 18.9. The maximum absolute atomic E-state index is 11.5. The standard InChI is InChI=1S/C33H33N5O4/c1-7-20-19(6)32-37-27(20)14-25-18(5)23(10-12-31(41)42)29(35-25)15-28-22(9-11-30(39)40)17(4)24(34-28)13-26-16(3)21(8-2)33(36-26)38-32/h7-8,13-15,34-35H,1-2,9-12H2,3-6H3,(H,39,40)(H,41,42). The molecule has 2 aliphatic rings. The summed E-state index contributed by atoms with van der Waals surface area (Å²) < 4.78 is 0. The first-order valence-corrected chi connectivity index (χ1v) is 13.7. The van der Waals surface area contributed by atoms with Crippen LogP contribution in [0, 0.1) is 13.8 Å². The number of hydrogen-bond acceptors (Lipinski definition) is 5. The Bertz CT molecular complexity index is 1920. The van der Waals surface area contributed by atoms with Crippen molar-refractivity contribution < 1.29 is 19.8 Å². The van der Waals surface area contributed by atoms with Crippen LogP contribution in [-0.2, 0) is 22.4 Å². The van der Waals surface area contributed by atoms with E-state index in [-0.39, 0.29) is 12.8 Å². The molecule has 0 atom stereocenters. The van der Waals surface area contributed by atoms with Crippen molar-refractivity contribution in [1.82, 2.24) is 24.9 Å². The van der Waals surface area contributed by atoms with Crippen molar-refractivity contribution in [2.24, 2.45) is 0 Å². The lowest BCUT2D eigenvalue weighted by Gasteiger charge is -2.00. The number of hydrogen-bond donors (Lipinski definition) is 4. The Morgan fingerprint density at radius 3 is 1.69 bits per heavy atom. The normalized spacial score (nSPS) is 13.0. The number of allylic oxidation sites excluding steroid dienone is 6. The maximum atomic E-state index is 11.5. The summed E-state index contributed by atoms with van der Waals surface area (Å²) in [6.07, 6.45) is 4.10. The summed E-state index contributed by atoms with van der Waals surface area (Å²) >= 11 is 0. The number of rotatable bonds is 8. The van der Waals surface area contributed by atoms with Crippen molar-refractivity contribution in [2.75, 3.05) is 0 Å². The van der Waals surface area contributed by atoms with E-state index in [1.807, 2.05) is 45.9 Å². The number of carboxylic acid groups (broad SMARTS) is 2. The predicted molar refractivity (Wildman–Crippen MR) is 166 cm³/mol. The molecule has 3 aromatic heterocycles. The van der Waals surface area contributed by atoms with E-state index in [1.54, 1.807) is 12.2 Å². The number of carbonyl (C=O) groups is 2. The predicted octanol–water partition coefficient (Wildman–Crippen LogP) is 6.59. The van der Waals surface area contributed by atoms with Gasteiger partial charge in [-0.25, -0.2) is 15.0 Å². The Kier molecular flexibility index (Phi) is 7.51. The molecule has 42 heavy (non-hydrogen) atoms. The fourth-order valence-electron chi connectivity index (χ4n) is 5.60. The monoisotopic (exact) mass is 563 g/mol. The van der Waals surface area contributed by atoms with Crippen LogP contribution in [0.5, 0.6) is 0 Å². The van der Waals surface area contributed by atoms with Gasteiger partial charge < -0.3 is 20.2 Å². The van der Waals surface area contributed by atoms with Gasteiger partial charge in [-0.15, -0.1) is 0 Å². The molecular formula is C33H33N5O4. The zero-order valence-electron chi connectivity index (χ0n) is 24.2. The Balaban J connectivity index is 1.95. The molecule has 9 heteroatoms. The van der Waals surface area contributed by atoms with Crippen LogP contribution in [0.3, 0.4) is 0 Å². The van der Waals surface area contributed by atoms with E-state index in [1.165, 1.54) is 0 Å². The number of carboxylic acids is 2. The maximum Gasteiger partial charge on any atom is 0.303 e. The Morgan fingerprint density at radius 1 is 0.690 bits per heavy atom. The molecule has 8 bridgehead atoms. The molecule has 0 aliphatic carbocycles. The van der Waals surface area contributed by atoms with Crippen LogP contribution in [0.2, 0.25) is 0 Å². The van der Waals surface area contributed by atoms with E-state index in [0.29, 0.717) is 30.2 Å². The van der Waals surface area contributed by atoms with Gasteiger partial charge in [0, 0.05) is 51.6 Å². The van der Waals surface area contributed by atoms with Crippen LogP contribution < -0.4 is 0 Å². The van der Waals surface area contributed by atoms with E-state index >= 15 is 0 Å². The Labute approximate surface area is 243 Å². The quantitative estimate of drug-likeness (QED) is 0.242. The molecule has 0 unspecified atom stereocenters. The van der Waals surface area contributed by atoms with Crippen molar-refractivity contribution in [3.63, 3.8) is 0 Å². The number of H-pyrrole nitrogens is 2. The minimum atomic E-state index is -0.885. The van der Waals surface area contributed by atoms with E-state index < -0.39 is 11.9 Å². The Hall–Kier alpha value is -5.05. The number of aryl methyl sites for hydroxylation is 4. The third kappa shape index (κ3) is 5.09. The highest BCUT2D eigenvalue weighted by Crippen LogP contribution is 2.34. The third-order valence-electron chi connectivity index (χ3n) is 8.05. The van der Waals surface area contributed by atoms with Gasteiger partial charge in [0.1, 0.15) is 0 Å². The first-order chi connectivity index (χ1) is 20.0. The number of aromatic amines is 2. The fourth-order valence-corrected chi connectivity index (χ4v) is 5.60. The Morgan fingerprint density at radius 2 is 1.19 bits per heavy atom. The number of nitrogens with one attached hydrogen (secondary N) is 2. The number of aliphatic carboxylic acids is 2. The molecule has 5 heterocycles. The van der Waals surface area contributed by atoms with Gasteiger partial charge in [-0.1, -0.05) is 25.3 Å². The minimum Gasteiger partial charge on any atom is -0.481 e. The number of nitrogens with zero attached hydrogens (tertiary/aromatic N) is 3. The summed E-state index contributed by atoms with van der Waals surface area (Å²) in [5.74, 6) is -0.721. The van der Waals surface area contributed by atoms with Gasteiger partial charge in [-0.2, -0.15) is 0 Å². The lowest BCUT2D eigenvalue weighted by Crippen LogP contribution is -1.98. The van der Waals surface area contributed by atoms with Gasteiger partial charge in [-0.3, -0.25) is 9.59 Å². The molecule has 3 aromatic rings. The highest BCUT2D eigenvalue weighted by atomic mass is 16.4. The average Bonchev–Trinajstić information content (AvgIpc) is 3.59. The summed E-state index contributed by atoms with van der Waals surface area (Å²) in [6, 6.07) is 5.82. The highest BCUT2D eigenvalue weighted by Gasteiger charge is 2.21. The summed E-state index contributed by atoms with van der Waals surface area (Å²) in [6.45, 7) is 15.8. The second kappa shape index (κ2) is 11.1. The molecule has 9 nitrogen and oxygen atoms in total. The van der Waals surface area contributed by atoms with Crippen LogP contribution in [0.1, 0.15) is 72.0 Å². The molecule has 0 saturated heterocycles. The molecule has 0 fully saturated rings. The zero-order chi connectivity index (χ0) is 30.3. The van der Waals surface area contributed by atoms with Crippen molar-refractivity contribution >= 4 is 56.3 Å². The smallest absolute Gasteiger partial charge is 0.303 e. The first kappa shape index (κ1) is 28.5. The number of aromatic nitrogens is 5. The largest absolute Gasteiger partial charge is 0.481 e. The second-order valence-corrected chi connectivity index (χ2v) is 10.6. The van der Waals surface area contributed by atoms with E-state index in [2.05, 4.69) is 23.1 Å². The van der Waals surface area contributed by atoms with Crippen molar-refractivity contribution in [2.45, 2.75) is 53.4 Å². The third-order valence-corrected chi connectivity index (χ3v) is 8.05. The second-order valence-electron chi connectivity index (χ2n) is 10.6.